The Balaban J connectivity index is 0. The molecule has 6 aromatic rings. The standard InChI is InChI=1S/C7H7N2OP.C7H6N2O.C6H9N2P.C6H8N2.2CH4N2O.2CH4/c10-7-8-5-3-1-2-4-6(5)9(7)11;10-7-8-5-3-1-2-4-6(5)9-7;7-5-3-1-2-4-6(5)8-9;7-5-3-1-2-4-6(5)8;2*2-1(3)4;;/h1-4H,11H2,(H,8,10);1-4H,(H2,8,9,10);1-4,8H,7,9H2;1-4H,7-8H2;2*(H4,2,3,4);2*1H4. The number of urea groups is 2. The lowest BCUT2D eigenvalue weighted by atomic mass is 10.3. The van der Waals surface area contributed by atoms with Crippen molar-refractivity contribution in [2.24, 2.45) is 22.9 Å². The molecule has 0 saturated heterocycles. The van der Waals surface area contributed by atoms with Crippen molar-refractivity contribution in [2.45, 2.75) is 14.9 Å². The van der Waals surface area contributed by atoms with Crippen LogP contribution in [0, 0.1) is 0 Å². The number of carbonyl (C=O) groups is 2. The minimum Gasteiger partial charge on any atom is -0.397 e. The summed E-state index contributed by atoms with van der Waals surface area (Å²) in [7, 11) is 4.76. The van der Waals surface area contributed by atoms with Crippen molar-refractivity contribution < 1.29 is 9.59 Å². The number of rotatable bonds is 1. The second-order valence-electron chi connectivity index (χ2n) is 8.61. The summed E-state index contributed by atoms with van der Waals surface area (Å²) >= 11 is 0. The van der Waals surface area contributed by atoms with E-state index in [0.29, 0.717) is 11.4 Å². The number of hydrogen-bond acceptors (Lipinski definition) is 8. The van der Waals surface area contributed by atoms with Crippen LogP contribution in [0.5, 0.6) is 0 Å². The predicted octanol–water partition coefficient (Wildman–Crippen LogP) is 3.47. The molecule has 6 rings (SSSR count). The van der Waals surface area contributed by atoms with Crippen molar-refractivity contribution >= 4 is 75.7 Å². The molecule has 0 saturated carbocycles. The van der Waals surface area contributed by atoms with Crippen LogP contribution in [0.4, 0.5) is 32.3 Å². The zero-order chi connectivity index (χ0) is 34.6. The molecule has 48 heavy (non-hydrogen) atoms. The van der Waals surface area contributed by atoms with Crippen LogP contribution >= 0.6 is 18.8 Å². The first kappa shape index (κ1) is 44.1. The van der Waals surface area contributed by atoms with Crippen molar-refractivity contribution in [1.29, 1.82) is 0 Å². The highest BCUT2D eigenvalue weighted by molar-refractivity contribution is 7.18. The number of anilines is 4. The number of aromatic amines is 3. The van der Waals surface area contributed by atoms with Crippen molar-refractivity contribution in [2.75, 3.05) is 22.3 Å². The molecular formula is C30H46N12O4P2. The van der Waals surface area contributed by atoms with Crippen LogP contribution in [-0.4, -0.2) is 31.4 Å². The van der Waals surface area contributed by atoms with Crippen LogP contribution in [0.15, 0.2) is 107 Å². The fraction of sp³-hybridized carbons (Fsp3) is 0.0667. The van der Waals surface area contributed by atoms with Gasteiger partial charge >= 0.3 is 23.4 Å². The van der Waals surface area contributed by atoms with E-state index in [1.165, 1.54) is 4.34 Å². The first-order valence-corrected chi connectivity index (χ1v) is 14.0. The number of benzene rings is 4. The summed E-state index contributed by atoms with van der Waals surface area (Å²) in [5.41, 5.74) is 39.6. The monoisotopic (exact) mass is 700 g/mol. The van der Waals surface area contributed by atoms with Gasteiger partial charge in [0.15, 0.2) is 0 Å². The summed E-state index contributed by atoms with van der Waals surface area (Å²) in [6.45, 7) is 0. The topological polar surface area (TPSA) is 315 Å². The molecule has 0 aliphatic heterocycles. The van der Waals surface area contributed by atoms with Crippen LogP contribution < -0.4 is 56.6 Å². The van der Waals surface area contributed by atoms with E-state index in [1.54, 1.807) is 12.1 Å². The molecule has 4 amide bonds. The molecule has 0 radical (unpaired) electrons. The molecule has 4 aromatic carbocycles. The molecule has 0 fully saturated rings. The third-order valence-electron chi connectivity index (χ3n) is 5.16. The molecule has 16 nitrogen and oxygen atoms in total. The highest BCUT2D eigenvalue weighted by Crippen LogP contribution is 2.17. The minimum atomic E-state index is -0.833. The fourth-order valence-electron chi connectivity index (χ4n) is 3.19. The SMILES string of the molecule is C.C.NC(N)=O.NC(N)=O.Nc1ccccc1N.Nc1ccccc1NP.O=c1[nH]c2ccccc2[nH]1.O=c1[nH]c2ccccc2n1P. The van der Waals surface area contributed by atoms with Gasteiger partial charge < -0.3 is 60.2 Å². The average molecular weight is 701 g/mol. The number of carbonyl (C=O) groups excluding carboxylic acids is 2. The maximum absolute atomic E-state index is 11.0. The third kappa shape index (κ3) is 16.9. The fourth-order valence-corrected chi connectivity index (χ4v) is 3.74. The number of hydrogen-bond donors (Lipinski definition) is 11. The smallest absolute Gasteiger partial charge is 0.329 e. The van der Waals surface area contributed by atoms with Gasteiger partial charge in [-0.05, 0) is 67.3 Å². The first-order chi connectivity index (χ1) is 21.8. The Morgan fingerprint density at radius 2 is 0.938 bits per heavy atom. The summed E-state index contributed by atoms with van der Waals surface area (Å²) in [6.07, 6.45) is 0. The normalized spacial score (nSPS) is 8.79. The lowest BCUT2D eigenvalue weighted by molar-refractivity contribution is 0.255. The lowest BCUT2D eigenvalue weighted by Gasteiger charge is -2.00. The van der Waals surface area contributed by atoms with Crippen molar-refractivity contribution in [3.05, 3.63) is 118 Å². The molecule has 2 aromatic heterocycles. The van der Waals surface area contributed by atoms with Gasteiger partial charge in [0.05, 0.1) is 44.8 Å². The Morgan fingerprint density at radius 3 is 1.29 bits per heavy atom. The molecule has 0 aliphatic carbocycles. The average Bonchev–Trinajstić information content (AvgIpc) is 3.53. The minimum absolute atomic E-state index is 0. The Kier molecular flexibility index (Phi) is 21.5. The Labute approximate surface area is 282 Å². The second-order valence-corrected chi connectivity index (χ2v) is 9.41. The predicted molar refractivity (Wildman–Crippen MR) is 207 cm³/mol. The summed E-state index contributed by atoms with van der Waals surface area (Å²) < 4.78 is 1.51. The van der Waals surface area contributed by atoms with Gasteiger partial charge in [0, 0.05) is 0 Å². The number of para-hydroxylation sites is 8. The van der Waals surface area contributed by atoms with Crippen LogP contribution in [0.1, 0.15) is 14.9 Å². The Morgan fingerprint density at radius 1 is 0.583 bits per heavy atom. The number of nitrogens with two attached hydrogens (primary N) is 7. The van der Waals surface area contributed by atoms with E-state index in [9.17, 15) is 9.59 Å². The molecule has 18 heteroatoms. The summed E-state index contributed by atoms with van der Waals surface area (Å²) in [4.78, 5) is 47.7. The molecule has 0 bridgehead atoms. The van der Waals surface area contributed by atoms with Crippen LogP contribution in [0.3, 0.4) is 0 Å². The van der Waals surface area contributed by atoms with E-state index in [4.69, 9.17) is 26.8 Å². The largest absolute Gasteiger partial charge is 0.397 e. The number of amides is 4. The summed E-state index contributed by atoms with van der Waals surface area (Å²) in [5, 5.41) is 2.89. The maximum Gasteiger partial charge on any atom is 0.329 e. The molecule has 2 unspecified atom stereocenters. The third-order valence-corrected chi connectivity index (χ3v) is 5.98. The molecule has 0 aliphatic rings. The highest BCUT2D eigenvalue weighted by atomic mass is 31.0. The molecule has 18 N–H and O–H groups in total. The van der Waals surface area contributed by atoms with E-state index in [0.717, 1.165) is 33.4 Å². The van der Waals surface area contributed by atoms with Crippen molar-refractivity contribution in [1.82, 2.24) is 19.3 Å². The van der Waals surface area contributed by atoms with Gasteiger partial charge in [-0.25, -0.2) is 19.2 Å². The Bertz CT molecular complexity index is 1860. The van der Waals surface area contributed by atoms with Crippen LogP contribution in [-0.2, 0) is 0 Å². The van der Waals surface area contributed by atoms with Gasteiger partial charge in [-0.2, -0.15) is 0 Å². The zero-order valence-electron chi connectivity index (χ0n) is 24.5. The molecule has 2 atom stereocenters. The van der Waals surface area contributed by atoms with E-state index in [-0.39, 0.29) is 26.2 Å². The Hall–Kier alpha value is -5.98. The molecule has 0 spiro atoms. The van der Waals surface area contributed by atoms with Gasteiger partial charge in [-0.1, -0.05) is 63.4 Å². The number of nitrogens with zero attached hydrogens (tertiary/aromatic N) is 1. The summed E-state index contributed by atoms with van der Waals surface area (Å²) in [5.74, 6) is 0. The highest BCUT2D eigenvalue weighted by Gasteiger charge is 1.99. The first-order valence-electron chi connectivity index (χ1n) is 12.9. The molecular weight excluding hydrogens is 654 g/mol. The van der Waals surface area contributed by atoms with Crippen LogP contribution in [0.25, 0.3) is 22.1 Å². The van der Waals surface area contributed by atoms with Crippen LogP contribution in [0.2, 0.25) is 0 Å². The number of H-pyrrole nitrogens is 3. The van der Waals surface area contributed by atoms with Crippen molar-refractivity contribution in [3.63, 3.8) is 0 Å². The summed E-state index contributed by atoms with van der Waals surface area (Å²) in [6, 6.07) is 28.2. The van der Waals surface area contributed by atoms with Gasteiger partial charge in [0.25, 0.3) is 0 Å². The number of imidazole rings is 2. The number of nitrogen functional groups attached to an aromatic ring is 3. The maximum atomic E-state index is 11.0. The second kappa shape index (κ2) is 23.4. The number of aromatic nitrogens is 4. The number of fused-ring (bicyclic) bond motifs is 2. The van der Waals surface area contributed by atoms with Crippen molar-refractivity contribution in [3.8, 4) is 0 Å². The van der Waals surface area contributed by atoms with Gasteiger partial charge in [-0.15, -0.1) is 0 Å². The number of primary amides is 4. The van der Waals surface area contributed by atoms with E-state index >= 15 is 0 Å². The quantitative estimate of drug-likeness (QED) is 0.0889. The zero-order valence-corrected chi connectivity index (χ0v) is 26.8. The van der Waals surface area contributed by atoms with E-state index < -0.39 is 12.1 Å². The van der Waals surface area contributed by atoms with Gasteiger partial charge in [0.2, 0.25) is 0 Å². The van der Waals surface area contributed by atoms with Gasteiger partial charge in [-0.3, -0.25) is 4.34 Å². The van der Waals surface area contributed by atoms with Gasteiger partial charge in [0.1, 0.15) is 0 Å². The molecule has 260 valence electrons. The lowest BCUT2D eigenvalue weighted by Crippen LogP contribution is -2.18. The number of nitrogens with one attached hydrogen (secondary N) is 4. The van der Waals surface area contributed by atoms with E-state index in [2.05, 4.69) is 61.8 Å². The molecule has 2 heterocycles. The van der Waals surface area contributed by atoms with E-state index in [1.807, 2.05) is 84.9 Å².